The number of quaternary nitrogens is 1. The van der Waals surface area contributed by atoms with Crippen LogP contribution in [0, 0.1) is 0 Å². The summed E-state index contributed by atoms with van der Waals surface area (Å²) in [6, 6.07) is 0. The minimum Gasteiger partial charge on any atom is -0.756 e. The van der Waals surface area contributed by atoms with Gasteiger partial charge in [-0.2, -0.15) is 0 Å². The predicted molar refractivity (Wildman–Crippen MR) is 342 cm³/mol. The maximum absolute atomic E-state index is 12.8. The molecule has 0 aliphatic carbocycles. The van der Waals surface area contributed by atoms with Gasteiger partial charge in [0, 0.05) is 12.8 Å². The van der Waals surface area contributed by atoms with E-state index in [1.165, 1.54) is 135 Å². The Balaban J connectivity index is 4.15. The van der Waals surface area contributed by atoms with Gasteiger partial charge in [-0.25, -0.2) is 0 Å². The number of ether oxygens (including phenoxy) is 2. The molecular weight excluding hydrogens is 1010 g/mol. The number of rotatable bonds is 59. The number of hydrogen-bond donors (Lipinski definition) is 0. The van der Waals surface area contributed by atoms with Crippen LogP contribution in [0.15, 0.2) is 109 Å². The van der Waals surface area contributed by atoms with Gasteiger partial charge < -0.3 is 27.9 Å². The summed E-state index contributed by atoms with van der Waals surface area (Å²) in [6.07, 6.45) is 84.3. The van der Waals surface area contributed by atoms with Crippen molar-refractivity contribution in [3.05, 3.63) is 109 Å². The van der Waals surface area contributed by atoms with E-state index >= 15 is 0 Å². The third-order valence-electron chi connectivity index (χ3n) is 13.8. The molecule has 0 aromatic carbocycles. The van der Waals surface area contributed by atoms with E-state index in [-0.39, 0.29) is 32.0 Å². The molecule has 9 nitrogen and oxygen atoms in total. The number of esters is 2. The van der Waals surface area contributed by atoms with E-state index in [9.17, 15) is 19.0 Å². The van der Waals surface area contributed by atoms with Gasteiger partial charge in [0.05, 0.1) is 27.7 Å². The summed E-state index contributed by atoms with van der Waals surface area (Å²) in [5, 5.41) is 0. The Kier molecular flexibility index (Phi) is 57.8. The number of nitrogens with zero attached hydrogens (tertiary/aromatic N) is 1. The molecular formula is C70H122NO8P. The summed E-state index contributed by atoms with van der Waals surface area (Å²) in [5.41, 5.74) is 0. The molecule has 2 atom stereocenters. The Hall–Kier alpha value is -3.33. The predicted octanol–water partition coefficient (Wildman–Crippen LogP) is 20.3. The number of phosphoric ester groups is 1. The number of carbonyl (C=O) groups excluding carboxylic acids is 2. The number of phosphoric acid groups is 1. The summed E-state index contributed by atoms with van der Waals surface area (Å²) < 4.78 is 34.2. The highest BCUT2D eigenvalue weighted by molar-refractivity contribution is 7.45. The van der Waals surface area contributed by atoms with Gasteiger partial charge in [0.2, 0.25) is 0 Å². The topological polar surface area (TPSA) is 111 Å². The third-order valence-corrected chi connectivity index (χ3v) is 14.8. The van der Waals surface area contributed by atoms with Gasteiger partial charge in [0.15, 0.2) is 6.10 Å². The first-order chi connectivity index (χ1) is 39.0. The Labute approximate surface area is 493 Å². The molecule has 0 aliphatic heterocycles. The molecule has 0 heterocycles. The lowest BCUT2D eigenvalue weighted by Gasteiger charge is -2.28. The zero-order chi connectivity index (χ0) is 58.4. The molecule has 0 aliphatic rings. The summed E-state index contributed by atoms with van der Waals surface area (Å²) in [7, 11) is 1.15. The van der Waals surface area contributed by atoms with Gasteiger partial charge in [-0.1, -0.05) is 284 Å². The van der Waals surface area contributed by atoms with Crippen LogP contribution in [0.25, 0.3) is 0 Å². The lowest BCUT2D eigenvalue weighted by molar-refractivity contribution is -0.870. The van der Waals surface area contributed by atoms with Crippen molar-refractivity contribution in [1.29, 1.82) is 0 Å². The molecule has 80 heavy (non-hydrogen) atoms. The largest absolute Gasteiger partial charge is 0.756 e. The van der Waals surface area contributed by atoms with Crippen LogP contribution in [-0.4, -0.2) is 70.0 Å². The van der Waals surface area contributed by atoms with Crippen LogP contribution in [0.5, 0.6) is 0 Å². The summed E-state index contributed by atoms with van der Waals surface area (Å²) in [4.78, 5) is 38.0. The smallest absolute Gasteiger partial charge is 0.306 e. The first-order valence-electron chi connectivity index (χ1n) is 32.6. The average molecular weight is 1140 g/mol. The molecule has 0 bridgehead atoms. The summed E-state index contributed by atoms with van der Waals surface area (Å²) in [6.45, 7) is 4.13. The van der Waals surface area contributed by atoms with Crippen LogP contribution >= 0.6 is 7.82 Å². The highest BCUT2D eigenvalue weighted by atomic mass is 31.2. The monoisotopic (exact) mass is 1140 g/mol. The molecule has 0 saturated carbocycles. The van der Waals surface area contributed by atoms with Crippen molar-refractivity contribution in [2.24, 2.45) is 0 Å². The molecule has 0 amide bonds. The molecule has 0 saturated heterocycles. The lowest BCUT2D eigenvalue weighted by atomic mass is 10.0. The Bertz CT molecular complexity index is 1720. The molecule has 0 radical (unpaired) electrons. The van der Waals surface area contributed by atoms with Crippen molar-refractivity contribution in [3.63, 3.8) is 0 Å². The zero-order valence-electron chi connectivity index (χ0n) is 52.2. The second kappa shape index (κ2) is 60.3. The van der Waals surface area contributed by atoms with Gasteiger partial charge in [-0.15, -0.1) is 0 Å². The molecule has 0 aromatic heterocycles. The van der Waals surface area contributed by atoms with Crippen molar-refractivity contribution < 1.29 is 42.1 Å². The molecule has 0 N–H and O–H groups in total. The Morgan fingerprint density at radius 2 is 0.713 bits per heavy atom. The fourth-order valence-corrected chi connectivity index (χ4v) is 9.56. The second-order valence-corrected chi connectivity index (χ2v) is 24.2. The SMILES string of the molecule is CC/C=C\C/C=C\C/C=C\C/C=C\C/C=C\C/C=C\C/C=C\C/C=C\C/C=C\CCCCCCCCCC(=O)OC(COC(=O)CCCCCCCCCCCCCCCCCCCCCCC)COP(=O)([O-])OCC[N+](C)(C)C. The quantitative estimate of drug-likeness (QED) is 0.0195. The van der Waals surface area contributed by atoms with E-state index in [1.54, 1.807) is 0 Å². The zero-order valence-corrected chi connectivity index (χ0v) is 53.1. The van der Waals surface area contributed by atoms with Gasteiger partial charge >= 0.3 is 11.9 Å². The first-order valence-corrected chi connectivity index (χ1v) is 34.1. The average Bonchev–Trinajstić information content (AvgIpc) is 3.42. The van der Waals surface area contributed by atoms with Crippen molar-refractivity contribution in [2.75, 3.05) is 47.5 Å². The van der Waals surface area contributed by atoms with E-state index in [0.717, 1.165) is 103 Å². The third kappa shape index (κ3) is 63.8. The van der Waals surface area contributed by atoms with Crippen LogP contribution in [0.2, 0.25) is 0 Å². The van der Waals surface area contributed by atoms with Crippen molar-refractivity contribution in [3.8, 4) is 0 Å². The Morgan fingerprint density at radius 1 is 0.400 bits per heavy atom. The van der Waals surface area contributed by atoms with Crippen LogP contribution in [0.1, 0.15) is 271 Å². The van der Waals surface area contributed by atoms with Gasteiger partial charge in [-0.05, 0) is 83.5 Å². The number of allylic oxidation sites excluding steroid dienone is 18. The number of unbranched alkanes of at least 4 members (excludes halogenated alkanes) is 27. The normalized spacial score (nSPS) is 13.9. The molecule has 0 rings (SSSR count). The van der Waals surface area contributed by atoms with Gasteiger partial charge in [0.25, 0.3) is 7.82 Å². The van der Waals surface area contributed by atoms with Crippen LogP contribution in [-0.2, 0) is 32.7 Å². The van der Waals surface area contributed by atoms with Crippen molar-refractivity contribution in [1.82, 2.24) is 0 Å². The van der Waals surface area contributed by atoms with Crippen molar-refractivity contribution >= 4 is 19.8 Å². The molecule has 2 unspecified atom stereocenters. The highest BCUT2D eigenvalue weighted by Crippen LogP contribution is 2.38. The maximum atomic E-state index is 12.8. The number of hydrogen-bond acceptors (Lipinski definition) is 8. The highest BCUT2D eigenvalue weighted by Gasteiger charge is 2.22. The van der Waals surface area contributed by atoms with Crippen LogP contribution in [0.3, 0.4) is 0 Å². The number of likely N-dealkylation sites (N-methyl/N-ethyl adjacent to an activating group) is 1. The first kappa shape index (κ1) is 76.7. The Morgan fingerprint density at radius 3 is 1.06 bits per heavy atom. The van der Waals surface area contributed by atoms with E-state index in [4.69, 9.17) is 18.5 Å². The van der Waals surface area contributed by atoms with E-state index in [1.807, 2.05) is 21.1 Å². The fraction of sp³-hybridized carbons (Fsp3) is 0.714. The molecule has 0 fully saturated rings. The maximum Gasteiger partial charge on any atom is 0.306 e. The van der Waals surface area contributed by atoms with Gasteiger partial charge in [0.1, 0.15) is 19.8 Å². The molecule has 0 spiro atoms. The second-order valence-electron chi connectivity index (χ2n) is 22.8. The lowest BCUT2D eigenvalue weighted by Crippen LogP contribution is -2.37. The van der Waals surface area contributed by atoms with E-state index in [2.05, 4.69) is 123 Å². The van der Waals surface area contributed by atoms with Crippen molar-refractivity contribution in [2.45, 2.75) is 277 Å². The molecule has 10 heteroatoms. The van der Waals surface area contributed by atoms with E-state index < -0.39 is 26.5 Å². The summed E-state index contributed by atoms with van der Waals surface area (Å²) in [5.74, 6) is -0.842. The molecule has 0 aromatic rings. The van der Waals surface area contributed by atoms with E-state index in [0.29, 0.717) is 17.4 Å². The van der Waals surface area contributed by atoms with Crippen LogP contribution < -0.4 is 4.89 Å². The van der Waals surface area contributed by atoms with Crippen LogP contribution in [0.4, 0.5) is 0 Å². The number of carbonyl (C=O) groups is 2. The summed E-state index contributed by atoms with van der Waals surface area (Å²) >= 11 is 0. The minimum absolute atomic E-state index is 0.0368. The minimum atomic E-state index is -4.65. The fourth-order valence-electron chi connectivity index (χ4n) is 8.83. The van der Waals surface area contributed by atoms with Gasteiger partial charge in [-0.3, -0.25) is 14.2 Å². The molecule has 460 valence electrons. The standard InChI is InChI=1S/C70H122NO8P/c1-6-8-10-12-14-16-18-20-22-24-26-28-29-30-31-32-33-34-35-36-37-38-39-40-41-43-45-47-49-51-53-55-57-59-61-63-70(73)79-68(67-78-80(74,75)77-65-64-71(3,4)5)66-76-69(72)62-60-58-56-54-52-50-48-46-44-42-27-25-23-21-19-17-15-13-11-9-7-2/h8,10,14,16,20,22,26,28,30-31,33-34,36-37,39-40,43,45,68H,6-7,9,11-13,15,17-19,21,23-25,27,29,32,35,38,41-42,44,46-67H2,1-5H3/b10-8-,16-14-,22-20-,28-26-,31-30-,34-33-,37-36-,40-39-,45-43-.